The minimum absolute atomic E-state index is 0.139. The first-order chi connectivity index (χ1) is 12.4. The molecule has 0 saturated heterocycles. The van der Waals surface area contributed by atoms with Gasteiger partial charge in [0.2, 0.25) is 11.8 Å². The third-order valence-electron chi connectivity index (χ3n) is 4.52. The Bertz CT molecular complexity index is 834. The summed E-state index contributed by atoms with van der Waals surface area (Å²) in [5.74, 6) is -0.587. The lowest BCUT2D eigenvalue weighted by Crippen LogP contribution is -2.20. The predicted molar refractivity (Wildman–Crippen MR) is 106 cm³/mol. The SMILES string of the molecule is CC(C)c1ccc(NC(=O)C2CC2C(=O)Nc2cccc(Cl)c2Cl)cc1. The summed E-state index contributed by atoms with van der Waals surface area (Å²) in [6.45, 7) is 4.24. The number of hydrogen-bond donors (Lipinski definition) is 2. The van der Waals surface area contributed by atoms with Crippen molar-refractivity contribution >= 4 is 46.4 Å². The van der Waals surface area contributed by atoms with Crippen LogP contribution in [0, 0.1) is 11.8 Å². The van der Waals surface area contributed by atoms with Gasteiger partial charge in [0.25, 0.3) is 0 Å². The number of amides is 2. The third kappa shape index (κ3) is 4.19. The molecule has 6 heteroatoms. The number of benzene rings is 2. The van der Waals surface area contributed by atoms with Crippen LogP contribution in [0.4, 0.5) is 11.4 Å². The Morgan fingerprint density at radius 1 is 0.962 bits per heavy atom. The summed E-state index contributed by atoms with van der Waals surface area (Å²) in [6.07, 6.45) is 0.528. The van der Waals surface area contributed by atoms with Crippen LogP contribution in [-0.2, 0) is 9.59 Å². The van der Waals surface area contributed by atoms with Gasteiger partial charge in [-0.3, -0.25) is 9.59 Å². The zero-order valence-corrected chi connectivity index (χ0v) is 16.1. The number of carbonyl (C=O) groups excluding carboxylic acids is 2. The molecule has 0 bridgehead atoms. The molecule has 1 fully saturated rings. The van der Waals surface area contributed by atoms with Crippen LogP contribution in [0.15, 0.2) is 42.5 Å². The van der Waals surface area contributed by atoms with Crippen molar-refractivity contribution in [2.75, 3.05) is 10.6 Å². The Hall–Kier alpha value is -2.04. The Labute approximate surface area is 162 Å². The van der Waals surface area contributed by atoms with E-state index in [0.29, 0.717) is 28.1 Å². The second kappa shape index (κ2) is 7.68. The van der Waals surface area contributed by atoms with E-state index in [9.17, 15) is 9.59 Å². The molecule has 1 aliphatic rings. The Kier molecular flexibility index (Phi) is 5.54. The summed E-state index contributed by atoms with van der Waals surface area (Å²) in [6, 6.07) is 12.8. The smallest absolute Gasteiger partial charge is 0.228 e. The van der Waals surface area contributed by atoms with Crippen molar-refractivity contribution in [3.8, 4) is 0 Å². The second-order valence-electron chi connectivity index (χ2n) is 6.81. The fourth-order valence-electron chi connectivity index (χ4n) is 2.79. The fraction of sp³-hybridized carbons (Fsp3) is 0.300. The standard InChI is InChI=1S/C20H20Cl2N2O2/c1-11(2)12-6-8-13(9-7-12)23-19(25)14-10-15(14)20(26)24-17-5-3-4-16(21)18(17)22/h3-9,11,14-15H,10H2,1-2H3,(H,23,25)(H,24,26). The van der Waals surface area contributed by atoms with E-state index in [0.717, 1.165) is 5.69 Å². The number of nitrogens with one attached hydrogen (secondary N) is 2. The van der Waals surface area contributed by atoms with Gasteiger partial charge in [-0.25, -0.2) is 0 Å². The summed E-state index contributed by atoms with van der Waals surface area (Å²) < 4.78 is 0. The van der Waals surface area contributed by atoms with Crippen LogP contribution in [0.25, 0.3) is 0 Å². The zero-order chi connectivity index (χ0) is 18.8. The second-order valence-corrected chi connectivity index (χ2v) is 7.59. The third-order valence-corrected chi connectivity index (χ3v) is 5.34. The first kappa shape index (κ1) is 18.7. The molecule has 2 amide bonds. The van der Waals surface area contributed by atoms with Gasteiger partial charge in [0.15, 0.2) is 0 Å². The molecule has 4 nitrogen and oxygen atoms in total. The van der Waals surface area contributed by atoms with Crippen LogP contribution < -0.4 is 10.6 Å². The van der Waals surface area contributed by atoms with E-state index in [4.69, 9.17) is 23.2 Å². The lowest BCUT2D eigenvalue weighted by atomic mass is 10.0. The maximum Gasteiger partial charge on any atom is 0.228 e. The maximum atomic E-state index is 12.3. The molecule has 2 N–H and O–H groups in total. The summed E-state index contributed by atoms with van der Waals surface area (Å²) in [5.41, 5.74) is 2.41. The average molecular weight is 391 g/mol. The first-order valence-corrected chi connectivity index (χ1v) is 9.28. The zero-order valence-electron chi connectivity index (χ0n) is 14.6. The molecule has 0 heterocycles. The van der Waals surface area contributed by atoms with Crippen LogP contribution in [-0.4, -0.2) is 11.8 Å². The number of hydrogen-bond acceptors (Lipinski definition) is 2. The lowest BCUT2D eigenvalue weighted by Gasteiger charge is -2.09. The van der Waals surface area contributed by atoms with Gasteiger partial charge >= 0.3 is 0 Å². The molecular formula is C20H20Cl2N2O2. The molecule has 0 aliphatic heterocycles. The minimum Gasteiger partial charge on any atom is -0.326 e. The molecule has 2 aromatic rings. The van der Waals surface area contributed by atoms with Crippen LogP contribution in [0.5, 0.6) is 0 Å². The highest BCUT2D eigenvalue weighted by atomic mass is 35.5. The van der Waals surface area contributed by atoms with Gasteiger partial charge in [-0.15, -0.1) is 0 Å². The highest BCUT2D eigenvalue weighted by Crippen LogP contribution is 2.41. The van der Waals surface area contributed by atoms with E-state index in [2.05, 4.69) is 24.5 Å². The quantitative estimate of drug-likeness (QED) is 0.724. The van der Waals surface area contributed by atoms with E-state index in [1.54, 1.807) is 18.2 Å². The molecule has 26 heavy (non-hydrogen) atoms. The van der Waals surface area contributed by atoms with E-state index >= 15 is 0 Å². The molecule has 2 unspecified atom stereocenters. The minimum atomic E-state index is -0.347. The normalized spacial score (nSPS) is 18.5. The van der Waals surface area contributed by atoms with E-state index in [-0.39, 0.29) is 23.7 Å². The number of halogens is 2. The topological polar surface area (TPSA) is 58.2 Å². The number of rotatable bonds is 5. The number of carbonyl (C=O) groups is 2. The van der Waals surface area contributed by atoms with Gasteiger partial charge in [-0.2, -0.15) is 0 Å². The molecular weight excluding hydrogens is 371 g/mol. The molecule has 2 aromatic carbocycles. The summed E-state index contributed by atoms with van der Waals surface area (Å²) in [5, 5.41) is 6.29. The maximum absolute atomic E-state index is 12.3. The van der Waals surface area contributed by atoms with Crippen molar-refractivity contribution < 1.29 is 9.59 Å². The molecule has 0 aromatic heterocycles. The van der Waals surface area contributed by atoms with Crippen LogP contribution in [0.1, 0.15) is 31.7 Å². The summed E-state index contributed by atoms with van der Waals surface area (Å²) in [7, 11) is 0. The van der Waals surface area contributed by atoms with Crippen LogP contribution in [0.3, 0.4) is 0 Å². The van der Waals surface area contributed by atoms with Crippen molar-refractivity contribution in [3.63, 3.8) is 0 Å². The van der Waals surface area contributed by atoms with Crippen molar-refractivity contribution in [2.24, 2.45) is 11.8 Å². The van der Waals surface area contributed by atoms with Gasteiger partial charge in [0, 0.05) is 5.69 Å². The molecule has 0 radical (unpaired) electrons. The van der Waals surface area contributed by atoms with Crippen molar-refractivity contribution in [1.29, 1.82) is 0 Å². The molecule has 3 rings (SSSR count). The van der Waals surface area contributed by atoms with Gasteiger partial charge in [0.05, 0.1) is 27.6 Å². The van der Waals surface area contributed by atoms with Gasteiger partial charge < -0.3 is 10.6 Å². The Balaban J connectivity index is 1.56. The van der Waals surface area contributed by atoms with Gasteiger partial charge in [0.1, 0.15) is 0 Å². The molecule has 136 valence electrons. The largest absolute Gasteiger partial charge is 0.326 e. The van der Waals surface area contributed by atoms with Crippen molar-refractivity contribution in [3.05, 3.63) is 58.1 Å². The van der Waals surface area contributed by atoms with Gasteiger partial charge in [-0.1, -0.05) is 55.2 Å². The number of anilines is 2. The molecule has 2 atom stereocenters. The summed E-state index contributed by atoms with van der Waals surface area (Å²) >= 11 is 12.0. The Morgan fingerprint density at radius 3 is 2.19 bits per heavy atom. The predicted octanol–water partition coefficient (Wildman–Crippen LogP) is 5.33. The van der Waals surface area contributed by atoms with E-state index < -0.39 is 0 Å². The van der Waals surface area contributed by atoms with E-state index in [1.807, 2.05) is 24.3 Å². The fourth-order valence-corrected chi connectivity index (χ4v) is 3.13. The molecule has 0 spiro atoms. The van der Waals surface area contributed by atoms with Crippen LogP contribution >= 0.6 is 23.2 Å². The van der Waals surface area contributed by atoms with Crippen molar-refractivity contribution in [2.45, 2.75) is 26.2 Å². The van der Waals surface area contributed by atoms with Crippen LogP contribution in [0.2, 0.25) is 10.0 Å². The monoisotopic (exact) mass is 390 g/mol. The highest BCUT2D eigenvalue weighted by Gasteiger charge is 2.48. The summed E-state index contributed by atoms with van der Waals surface area (Å²) in [4.78, 5) is 24.7. The average Bonchev–Trinajstić information content (AvgIpc) is 3.40. The Morgan fingerprint density at radius 2 is 1.58 bits per heavy atom. The highest BCUT2D eigenvalue weighted by molar-refractivity contribution is 6.44. The molecule has 1 saturated carbocycles. The molecule has 1 aliphatic carbocycles. The van der Waals surface area contributed by atoms with E-state index in [1.165, 1.54) is 5.56 Å². The lowest BCUT2D eigenvalue weighted by molar-refractivity contribution is -0.122. The van der Waals surface area contributed by atoms with Gasteiger partial charge in [-0.05, 0) is 42.2 Å². The van der Waals surface area contributed by atoms with Crippen molar-refractivity contribution in [1.82, 2.24) is 0 Å². The first-order valence-electron chi connectivity index (χ1n) is 8.52.